The molecule has 0 radical (unpaired) electrons. The van der Waals surface area contributed by atoms with Gasteiger partial charge in [-0.3, -0.25) is 14.3 Å². The van der Waals surface area contributed by atoms with E-state index in [1.807, 2.05) is 18.2 Å². The average molecular weight is 438 g/mol. The Kier molecular flexibility index (Phi) is 5.63. The van der Waals surface area contributed by atoms with Crippen LogP contribution in [0.1, 0.15) is 32.1 Å². The Bertz CT molecular complexity index is 1210. The van der Waals surface area contributed by atoms with Crippen molar-refractivity contribution < 1.29 is 9.53 Å². The third-order valence-corrected chi connectivity index (χ3v) is 7.31. The van der Waals surface area contributed by atoms with Crippen LogP contribution in [0.4, 0.5) is 0 Å². The van der Waals surface area contributed by atoms with E-state index in [1.54, 1.807) is 29.6 Å². The largest absolute Gasteiger partial charge is 0.497 e. The number of ether oxygens (including phenoxy) is 1. The Morgan fingerprint density at radius 1 is 1.22 bits per heavy atom. The third kappa shape index (κ3) is 3.77. The molecule has 2 heterocycles. The average Bonchev–Trinajstić information content (AvgIpc) is 3.53. The van der Waals surface area contributed by atoms with E-state index < -0.39 is 0 Å². The number of nitrogens with zero attached hydrogens (tertiary/aromatic N) is 3. The Labute approximate surface area is 186 Å². The second-order valence-corrected chi connectivity index (χ2v) is 9.25. The van der Waals surface area contributed by atoms with Crippen LogP contribution in [0.2, 0.25) is 0 Å². The van der Waals surface area contributed by atoms with E-state index in [0.717, 1.165) is 35.7 Å². The van der Waals surface area contributed by atoms with Crippen LogP contribution in [0.25, 0.3) is 21.8 Å². The molecule has 170 valence electrons. The number of aromatic nitrogens is 3. The summed E-state index contributed by atoms with van der Waals surface area (Å²) >= 11 is 0. The van der Waals surface area contributed by atoms with Crippen molar-refractivity contribution in [3.8, 4) is 5.75 Å². The molecule has 0 saturated heterocycles. The molecule has 2 bridgehead atoms. The molecule has 1 aromatic carbocycles. The maximum Gasteiger partial charge on any atom is 0.261 e. The highest BCUT2D eigenvalue weighted by atomic mass is 16.5. The molecule has 32 heavy (non-hydrogen) atoms. The summed E-state index contributed by atoms with van der Waals surface area (Å²) in [6.45, 7) is 1.63. The fourth-order valence-electron chi connectivity index (χ4n) is 5.65. The maximum absolute atomic E-state index is 12.8. The summed E-state index contributed by atoms with van der Waals surface area (Å²) in [7, 11) is 3.35. The topological polar surface area (TPSA) is 90.2 Å². The lowest BCUT2D eigenvalue weighted by Crippen LogP contribution is -2.36. The molecule has 2 saturated carbocycles. The Hall–Kier alpha value is -2.87. The molecule has 8 nitrogen and oxygen atoms in total. The van der Waals surface area contributed by atoms with Gasteiger partial charge in [-0.05, 0) is 62.3 Å². The van der Waals surface area contributed by atoms with Gasteiger partial charge >= 0.3 is 0 Å². The van der Waals surface area contributed by atoms with Crippen molar-refractivity contribution in [3.63, 3.8) is 0 Å². The SMILES string of the molecule is COc1ccc2c(c1)c1c(cnn1CC(=O)NCCCNC1CC3CCC1C3)c(=O)n2C. The van der Waals surface area contributed by atoms with Gasteiger partial charge < -0.3 is 19.9 Å². The van der Waals surface area contributed by atoms with Crippen LogP contribution in [-0.2, 0) is 18.4 Å². The van der Waals surface area contributed by atoms with Gasteiger partial charge in [0.1, 0.15) is 12.3 Å². The smallest absolute Gasteiger partial charge is 0.261 e. The van der Waals surface area contributed by atoms with Crippen molar-refractivity contribution in [3.05, 3.63) is 34.7 Å². The number of aryl methyl sites for hydroxylation is 1. The van der Waals surface area contributed by atoms with Crippen molar-refractivity contribution in [1.82, 2.24) is 25.0 Å². The zero-order chi connectivity index (χ0) is 22.2. The minimum absolute atomic E-state index is 0.0722. The fourth-order valence-corrected chi connectivity index (χ4v) is 5.65. The summed E-state index contributed by atoms with van der Waals surface area (Å²) in [5.74, 6) is 2.39. The molecule has 3 unspecified atom stereocenters. The van der Waals surface area contributed by atoms with Gasteiger partial charge in [-0.15, -0.1) is 0 Å². The molecule has 0 spiro atoms. The van der Waals surface area contributed by atoms with Crippen molar-refractivity contribution in [2.45, 2.75) is 44.7 Å². The number of nitrogens with one attached hydrogen (secondary N) is 2. The van der Waals surface area contributed by atoms with Gasteiger partial charge in [0.15, 0.2) is 0 Å². The van der Waals surface area contributed by atoms with Gasteiger partial charge in [0.2, 0.25) is 5.91 Å². The van der Waals surface area contributed by atoms with E-state index in [1.165, 1.54) is 25.7 Å². The maximum atomic E-state index is 12.8. The number of fused-ring (bicyclic) bond motifs is 5. The Morgan fingerprint density at radius 2 is 2.09 bits per heavy atom. The number of amides is 1. The van der Waals surface area contributed by atoms with Gasteiger partial charge in [0, 0.05) is 25.0 Å². The molecule has 1 amide bonds. The number of carbonyl (C=O) groups is 1. The summed E-state index contributed by atoms with van der Waals surface area (Å²) in [5, 5.41) is 12.4. The Balaban J connectivity index is 1.23. The first-order valence-corrected chi connectivity index (χ1v) is 11.6. The molecule has 3 atom stereocenters. The first-order chi connectivity index (χ1) is 15.5. The highest BCUT2D eigenvalue weighted by Crippen LogP contribution is 2.44. The quantitative estimate of drug-likeness (QED) is 0.527. The molecular weight excluding hydrogens is 406 g/mol. The first kappa shape index (κ1) is 21.0. The van der Waals surface area contributed by atoms with Crippen molar-refractivity contribution in [2.24, 2.45) is 18.9 Å². The second-order valence-electron chi connectivity index (χ2n) is 9.25. The normalized spacial score (nSPS) is 22.1. The lowest BCUT2D eigenvalue weighted by atomic mass is 9.95. The lowest BCUT2D eigenvalue weighted by Gasteiger charge is -2.22. The van der Waals surface area contributed by atoms with Crippen LogP contribution >= 0.6 is 0 Å². The van der Waals surface area contributed by atoms with Crippen LogP contribution < -0.4 is 20.9 Å². The van der Waals surface area contributed by atoms with E-state index >= 15 is 0 Å². The predicted octanol–water partition coefficient (Wildman–Crippen LogP) is 2.18. The van der Waals surface area contributed by atoms with E-state index in [0.29, 0.717) is 29.2 Å². The number of benzene rings is 1. The minimum Gasteiger partial charge on any atom is -0.497 e. The number of hydrogen-bond donors (Lipinski definition) is 2. The van der Waals surface area contributed by atoms with Gasteiger partial charge in [-0.25, -0.2) is 0 Å². The summed E-state index contributed by atoms with van der Waals surface area (Å²) in [4.78, 5) is 25.4. The summed E-state index contributed by atoms with van der Waals surface area (Å²) < 4.78 is 8.58. The molecule has 5 rings (SSSR count). The fraction of sp³-hybridized carbons (Fsp3) is 0.542. The van der Waals surface area contributed by atoms with Crippen molar-refractivity contribution in [1.29, 1.82) is 0 Å². The molecule has 2 N–H and O–H groups in total. The van der Waals surface area contributed by atoms with Crippen LogP contribution in [0.3, 0.4) is 0 Å². The van der Waals surface area contributed by atoms with Crippen LogP contribution in [-0.4, -0.2) is 46.5 Å². The van der Waals surface area contributed by atoms with E-state index in [4.69, 9.17) is 4.74 Å². The highest BCUT2D eigenvalue weighted by molar-refractivity contribution is 6.04. The van der Waals surface area contributed by atoms with Crippen LogP contribution in [0.5, 0.6) is 5.75 Å². The number of carbonyl (C=O) groups excluding carboxylic acids is 1. The van der Waals surface area contributed by atoms with Crippen LogP contribution in [0.15, 0.2) is 29.2 Å². The van der Waals surface area contributed by atoms with Crippen LogP contribution in [0, 0.1) is 11.8 Å². The molecule has 8 heteroatoms. The van der Waals surface area contributed by atoms with Gasteiger partial charge in [-0.2, -0.15) is 5.10 Å². The van der Waals surface area contributed by atoms with Gasteiger partial charge in [-0.1, -0.05) is 6.42 Å². The summed E-state index contributed by atoms with van der Waals surface area (Å²) in [5.41, 5.74) is 1.31. The molecule has 2 aromatic heterocycles. The van der Waals surface area contributed by atoms with Crippen molar-refractivity contribution >= 4 is 27.7 Å². The number of rotatable bonds is 8. The zero-order valence-corrected chi connectivity index (χ0v) is 18.8. The number of hydrogen-bond acceptors (Lipinski definition) is 5. The molecule has 2 fully saturated rings. The molecule has 3 aromatic rings. The molecular formula is C24H31N5O3. The monoisotopic (exact) mass is 437 g/mol. The van der Waals surface area contributed by atoms with E-state index in [2.05, 4.69) is 15.7 Å². The first-order valence-electron chi connectivity index (χ1n) is 11.6. The zero-order valence-electron chi connectivity index (χ0n) is 18.8. The standard InChI is InChI=1S/C24H31N5O3/c1-28-21-7-6-17(32-2)12-18(21)23-19(24(28)31)13-27-29(23)14-22(30)26-9-3-8-25-20-11-15-4-5-16(20)10-15/h6-7,12-13,15-16,20,25H,3-5,8-11,14H2,1-2H3,(H,26,30). The Morgan fingerprint density at radius 3 is 2.84 bits per heavy atom. The number of pyridine rings is 1. The lowest BCUT2D eigenvalue weighted by molar-refractivity contribution is -0.121. The molecule has 2 aliphatic carbocycles. The van der Waals surface area contributed by atoms with E-state index in [9.17, 15) is 9.59 Å². The van der Waals surface area contributed by atoms with Gasteiger partial charge in [0.25, 0.3) is 5.56 Å². The predicted molar refractivity (Wildman–Crippen MR) is 124 cm³/mol. The summed E-state index contributed by atoms with van der Waals surface area (Å²) in [6, 6.07) is 6.24. The number of methoxy groups -OCH3 is 1. The summed E-state index contributed by atoms with van der Waals surface area (Å²) in [6.07, 6.45) is 7.95. The minimum atomic E-state index is -0.129. The van der Waals surface area contributed by atoms with Gasteiger partial charge in [0.05, 0.1) is 29.7 Å². The third-order valence-electron chi connectivity index (χ3n) is 7.31. The van der Waals surface area contributed by atoms with E-state index in [-0.39, 0.29) is 18.0 Å². The van der Waals surface area contributed by atoms with Crippen molar-refractivity contribution in [2.75, 3.05) is 20.2 Å². The molecule has 2 aliphatic rings. The highest BCUT2D eigenvalue weighted by Gasteiger charge is 2.38. The second kappa shape index (κ2) is 8.58. The molecule has 0 aliphatic heterocycles.